The molecule has 29 heavy (non-hydrogen) atoms. The fourth-order valence-electron chi connectivity index (χ4n) is 3.13. The van der Waals surface area contributed by atoms with E-state index in [4.69, 9.17) is 10.6 Å². The number of carbonyl (C=O) groups excluding carboxylic acids is 1. The number of ether oxygens (including phenoxy) is 1. The van der Waals surface area contributed by atoms with Crippen LogP contribution in [-0.4, -0.2) is 52.0 Å². The Morgan fingerprint density at radius 2 is 1.86 bits per heavy atom. The van der Waals surface area contributed by atoms with Gasteiger partial charge in [0.25, 0.3) is 0 Å². The van der Waals surface area contributed by atoms with Crippen LogP contribution in [0.1, 0.15) is 10.8 Å². The summed E-state index contributed by atoms with van der Waals surface area (Å²) in [6.07, 6.45) is 0. The van der Waals surface area contributed by atoms with E-state index in [0.29, 0.717) is 42.8 Å². The molecule has 7 nitrogen and oxygen atoms in total. The monoisotopic (exact) mass is 413 g/mol. The van der Waals surface area contributed by atoms with Crippen molar-refractivity contribution in [2.75, 3.05) is 32.1 Å². The van der Waals surface area contributed by atoms with Crippen LogP contribution >= 0.6 is 11.8 Å². The molecule has 0 bridgehead atoms. The second-order valence-corrected chi connectivity index (χ2v) is 7.61. The summed E-state index contributed by atoms with van der Waals surface area (Å²) in [5.74, 6) is 6.11. The quantitative estimate of drug-likeness (QED) is 0.511. The molecule has 1 aliphatic heterocycles. The van der Waals surface area contributed by atoms with Crippen molar-refractivity contribution in [1.82, 2.24) is 19.8 Å². The summed E-state index contributed by atoms with van der Waals surface area (Å²) in [5, 5.41) is 8.10. The van der Waals surface area contributed by atoms with Gasteiger partial charge in [-0.3, -0.25) is 4.79 Å². The van der Waals surface area contributed by atoms with Crippen LogP contribution in [0, 0.1) is 5.82 Å². The summed E-state index contributed by atoms with van der Waals surface area (Å²) in [7, 11) is 0. The van der Waals surface area contributed by atoms with Gasteiger partial charge in [0.05, 0.1) is 13.2 Å². The fraction of sp³-hybridized carbons (Fsp3) is 0.250. The van der Waals surface area contributed by atoms with Gasteiger partial charge in [-0.15, -0.1) is 10.2 Å². The van der Waals surface area contributed by atoms with Crippen molar-refractivity contribution < 1.29 is 13.9 Å². The van der Waals surface area contributed by atoms with Gasteiger partial charge in [-0.05, 0) is 17.7 Å². The van der Waals surface area contributed by atoms with Crippen molar-refractivity contribution in [2.45, 2.75) is 10.4 Å². The van der Waals surface area contributed by atoms with Gasteiger partial charge in [0.2, 0.25) is 11.1 Å². The van der Waals surface area contributed by atoms with Crippen LogP contribution in [-0.2, 0) is 9.53 Å². The lowest BCUT2D eigenvalue weighted by Gasteiger charge is -2.30. The highest BCUT2D eigenvalue weighted by Crippen LogP contribution is 2.36. The average molecular weight is 413 g/mol. The molecule has 2 heterocycles. The van der Waals surface area contributed by atoms with E-state index in [0.717, 1.165) is 5.56 Å². The topological polar surface area (TPSA) is 86.3 Å². The van der Waals surface area contributed by atoms with Crippen LogP contribution in [0.5, 0.6) is 0 Å². The van der Waals surface area contributed by atoms with Gasteiger partial charge in [0, 0.05) is 18.7 Å². The maximum Gasteiger partial charge on any atom is 0.240 e. The number of rotatable bonds is 5. The highest BCUT2D eigenvalue weighted by Gasteiger charge is 2.30. The fourth-order valence-corrected chi connectivity index (χ4v) is 4.17. The second-order valence-electron chi connectivity index (χ2n) is 6.53. The van der Waals surface area contributed by atoms with Gasteiger partial charge < -0.3 is 15.5 Å². The normalized spacial score (nSPS) is 15.3. The van der Waals surface area contributed by atoms with Crippen LogP contribution in [0.2, 0.25) is 0 Å². The molecule has 1 aromatic heterocycles. The van der Waals surface area contributed by atoms with E-state index in [9.17, 15) is 9.18 Å². The van der Waals surface area contributed by atoms with Gasteiger partial charge >= 0.3 is 0 Å². The van der Waals surface area contributed by atoms with Crippen LogP contribution < -0.4 is 5.84 Å². The lowest BCUT2D eigenvalue weighted by molar-refractivity contribution is -0.134. The van der Waals surface area contributed by atoms with Gasteiger partial charge in [-0.25, -0.2) is 9.07 Å². The molecule has 1 aliphatic rings. The molecule has 1 saturated heterocycles. The van der Waals surface area contributed by atoms with Crippen LogP contribution in [0.15, 0.2) is 59.8 Å². The molecule has 0 radical (unpaired) electrons. The van der Waals surface area contributed by atoms with E-state index in [-0.39, 0.29) is 11.7 Å². The number of carbonyl (C=O) groups is 1. The number of benzene rings is 2. The summed E-state index contributed by atoms with van der Waals surface area (Å²) >= 11 is 1.23. The van der Waals surface area contributed by atoms with Crippen LogP contribution in [0.25, 0.3) is 11.4 Å². The summed E-state index contributed by atoms with van der Waals surface area (Å²) in [4.78, 5) is 15.0. The third-order valence-electron chi connectivity index (χ3n) is 4.62. The summed E-state index contributed by atoms with van der Waals surface area (Å²) < 4.78 is 20.2. The molecule has 2 N–H and O–H groups in total. The number of morpholine rings is 1. The molecule has 0 aliphatic carbocycles. The molecule has 0 spiro atoms. The van der Waals surface area contributed by atoms with E-state index < -0.39 is 5.25 Å². The van der Waals surface area contributed by atoms with E-state index in [2.05, 4.69) is 10.2 Å². The molecule has 1 amide bonds. The number of amides is 1. The lowest BCUT2D eigenvalue weighted by Crippen LogP contribution is -2.42. The third kappa shape index (κ3) is 4.25. The first-order valence-electron chi connectivity index (χ1n) is 9.18. The highest BCUT2D eigenvalue weighted by molar-refractivity contribution is 8.00. The molecular weight excluding hydrogens is 393 g/mol. The molecule has 1 fully saturated rings. The number of nitrogen functional groups attached to an aromatic ring is 1. The van der Waals surface area contributed by atoms with Crippen LogP contribution in [0.3, 0.4) is 0 Å². The molecule has 0 unspecified atom stereocenters. The molecule has 0 saturated carbocycles. The first-order valence-corrected chi connectivity index (χ1v) is 10.1. The van der Waals surface area contributed by atoms with E-state index in [1.165, 1.54) is 28.6 Å². The van der Waals surface area contributed by atoms with Crippen molar-refractivity contribution in [3.8, 4) is 11.4 Å². The van der Waals surface area contributed by atoms with Crippen molar-refractivity contribution in [3.05, 3.63) is 66.0 Å². The Morgan fingerprint density at radius 1 is 1.10 bits per heavy atom. The number of hydrogen-bond acceptors (Lipinski definition) is 6. The van der Waals surface area contributed by atoms with Gasteiger partial charge in [0.1, 0.15) is 11.1 Å². The van der Waals surface area contributed by atoms with E-state index in [1.54, 1.807) is 17.0 Å². The summed E-state index contributed by atoms with van der Waals surface area (Å²) in [6.45, 7) is 2.14. The zero-order chi connectivity index (χ0) is 20.2. The molecule has 2 aromatic carbocycles. The first-order chi connectivity index (χ1) is 14.1. The predicted molar refractivity (Wildman–Crippen MR) is 108 cm³/mol. The first kappa shape index (κ1) is 19.4. The molecule has 3 aromatic rings. The zero-order valence-electron chi connectivity index (χ0n) is 15.6. The standard InChI is InChI=1S/C20H20FN5O2S/c21-16-8-4-7-15(13-16)18-23-24-20(26(18)22)29-17(14-5-2-1-3-6-14)19(27)25-9-11-28-12-10-25/h1-8,13,17H,9-12,22H2/t17-/m1/s1. The average Bonchev–Trinajstić information content (AvgIpc) is 3.13. The lowest BCUT2D eigenvalue weighted by atomic mass is 10.1. The summed E-state index contributed by atoms with van der Waals surface area (Å²) in [5.41, 5.74) is 1.37. The van der Waals surface area contributed by atoms with E-state index >= 15 is 0 Å². The van der Waals surface area contributed by atoms with Gasteiger partial charge in [0.15, 0.2) is 5.82 Å². The number of nitrogens with zero attached hydrogens (tertiary/aromatic N) is 4. The molecule has 4 rings (SSSR count). The van der Waals surface area contributed by atoms with Gasteiger partial charge in [-0.1, -0.05) is 54.2 Å². The maximum atomic E-state index is 13.6. The van der Waals surface area contributed by atoms with Crippen molar-refractivity contribution in [3.63, 3.8) is 0 Å². The molecule has 150 valence electrons. The molecular formula is C20H20FN5O2S. The SMILES string of the molecule is Nn1c(S[C@@H](C(=O)N2CCOCC2)c2ccccc2)nnc1-c1cccc(F)c1. The molecule has 9 heteroatoms. The number of nitrogens with two attached hydrogens (primary N) is 1. The van der Waals surface area contributed by atoms with E-state index in [1.807, 2.05) is 30.3 Å². The Kier molecular flexibility index (Phi) is 5.77. The van der Waals surface area contributed by atoms with Crippen molar-refractivity contribution in [1.29, 1.82) is 0 Å². The van der Waals surface area contributed by atoms with Crippen molar-refractivity contribution in [2.24, 2.45) is 0 Å². The minimum atomic E-state index is -0.527. The smallest absolute Gasteiger partial charge is 0.240 e. The third-order valence-corrected chi connectivity index (χ3v) is 5.82. The number of hydrogen-bond donors (Lipinski definition) is 1. The number of thioether (sulfide) groups is 1. The Hall–Kier alpha value is -2.91. The Balaban J connectivity index is 1.64. The number of halogens is 1. The Morgan fingerprint density at radius 3 is 2.59 bits per heavy atom. The number of aromatic nitrogens is 3. The Labute approximate surface area is 171 Å². The largest absolute Gasteiger partial charge is 0.378 e. The highest BCUT2D eigenvalue weighted by atomic mass is 32.2. The summed E-state index contributed by atoms with van der Waals surface area (Å²) in [6, 6.07) is 15.5. The van der Waals surface area contributed by atoms with Crippen LogP contribution in [0.4, 0.5) is 4.39 Å². The maximum absolute atomic E-state index is 13.6. The minimum Gasteiger partial charge on any atom is -0.378 e. The second kappa shape index (κ2) is 8.62. The minimum absolute atomic E-state index is 0.0280. The molecule has 1 atom stereocenters. The Bertz CT molecular complexity index is 992. The van der Waals surface area contributed by atoms with Gasteiger partial charge in [-0.2, -0.15) is 0 Å². The van der Waals surface area contributed by atoms with Crippen molar-refractivity contribution >= 4 is 17.7 Å². The zero-order valence-corrected chi connectivity index (χ0v) is 16.4. The predicted octanol–water partition coefficient (Wildman–Crippen LogP) is 2.49.